The van der Waals surface area contributed by atoms with Crippen LogP contribution in [0.1, 0.15) is 11.8 Å². The van der Waals surface area contributed by atoms with Gasteiger partial charge in [0.2, 0.25) is 5.91 Å². The number of carbonyl (C=O) groups excluding carboxylic acids is 1. The molecule has 0 radical (unpaired) electrons. The molecule has 0 aliphatic heterocycles. The molecule has 5 nitrogen and oxygen atoms in total. The number of aliphatic carboxylic acids is 1. The first-order valence-corrected chi connectivity index (χ1v) is 7.77. The highest BCUT2D eigenvalue weighted by Gasteiger charge is 2.24. The lowest BCUT2D eigenvalue weighted by Gasteiger charge is -2.16. The van der Waals surface area contributed by atoms with E-state index in [4.69, 9.17) is 16.7 Å². The Morgan fingerprint density at radius 2 is 2.21 bits per heavy atom. The topological polar surface area (TPSA) is 86.6 Å². The summed E-state index contributed by atoms with van der Waals surface area (Å²) in [5.74, 6) is -0.900. The number of hydrogen-bond acceptors (Lipinski definition) is 5. The summed E-state index contributed by atoms with van der Waals surface area (Å²) < 4.78 is 0.695. The Kier molecular flexibility index (Phi) is 6.64. The molecular weight excluding hydrogens is 310 g/mol. The molecule has 0 aromatic carbocycles. The molecule has 1 amide bonds. The van der Waals surface area contributed by atoms with Crippen LogP contribution in [0.5, 0.6) is 0 Å². The molecule has 2 atom stereocenters. The van der Waals surface area contributed by atoms with E-state index >= 15 is 0 Å². The van der Waals surface area contributed by atoms with Crippen molar-refractivity contribution < 1.29 is 19.8 Å². The normalized spacial score (nSPS) is 13.8. The molecule has 1 heterocycles. The van der Waals surface area contributed by atoms with Crippen molar-refractivity contribution in [2.45, 2.75) is 24.8 Å². The van der Waals surface area contributed by atoms with Crippen LogP contribution < -0.4 is 5.32 Å². The molecule has 0 aliphatic carbocycles. The largest absolute Gasteiger partial charge is 0.480 e. The first kappa shape index (κ1) is 16.3. The van der Waals surface area contributed by atoms with Crippen molar-refractivity contribution >= 4 is 46.6 Å². The Morgan fingerprint density at radius 1 is 1.53 bits per heavy atom. The molecule has 0 bridgehead atoms. The predicted molar refractivity (Wildman–Crippen MR) is 76.7 cm³/mol. The Balaban J connectivity index is 2.33. The minimum absolute atomic E-state index is 0.131. The van der Waals surface area contributed by atoms with E-state index in [1.165, 1.54) is 30.0 Å². The van der Waals surface area contributed by atoms with Crippen LogP contribution in [0, 0.1) is 0 Å². The van der Waals surface area contributed by atoms with Gasteiger partial charge >= 0.3 is 5.97 Å². The minimum atomic E-state index is -1.27. The fraction of sp³-hybridized carbons (Fsp3) is 0.455. The van der Waals surface area contributed by atoms with E-state index in [0.717, 1.165) is 4.88 Å². The first-order valence-electron chi connectivity index (χ1n) is 5.42. The number of thioether (sulfide) groups is 1. The molecule has 3 N–H and O–H groups in total. The molecule has 1 aromatic heterocycles. The van der Waals surface area contributed by atoms with Crippen molar-refractivity contribution in [3.63, 3.8) is 0 Å². The van der Waals surface area contributed by atoms with E-state index < -0.39 is 24.0 Å². The third-order valence-corrected chi connectivity index (χ3v) is 4.57. The summed E-state index contributed by atoms with van der Waals surface area (Å²) in [4.78, 5) is 23.4. The van der Waals surface area contributed by atoms with Gasteiger partial charge in [-0.15, -0.1) is 23.1 Å². The van der Waals surface area contributed by atoms with Crippen molar-refractivity contribution in [3.05, 3.63) is 21.3 Å². The van der Waals surface area contributed by atoms with Crippen LogP contribution in [0.4, 0.5) is 0 Å². The van der Waals surface area contributed by atoms with Crippen LogP contribution in [0.3, 0.4) is 0 Å². The van der Waals surface area contributed by atoms with Gasteiger partial charge in [0.05, 0.1) is 16.2 Å². The number of halogens is 1. The van der Waals surface area contributed by atoms with Crippen LogP contribution >= 0.6 is 34.7 Å². The molecule has 0 spiro atoms. The van der Waals surface area contributed by atoms with E-state index in [1.54, 1.807) is 6.07 Å². The maximum atomic E-state index is 11.5. The van der Waals surface area contributed by atoms with Crippen molar-refractivity contribution in [1.82, 2.24) is 5.32 Å². The number of carboxylic acid groups (broad SMARTS) is 1. The molecule has 19 heavy (non-hydrogen) atoms. The van der Waals surface area contributed by atoms with E-state index in [2.05, 4.69) is 5.32 Å². The lowest BCUT2D eigenvalue weighted by Crippen LogP contribution is -2.48. The number of thiophene rings is 1. The van der Waals surface area contributed by atoms with Gasteiger partial charge in [-0.3, -0.25) is 4.79 Å². The van der Waals surface area contributed by atoms with Gasteiger partial charge in [0.15, 0.2) is 6.04 Å². The summed E-state index contributed by atoms with van der Waals surface area (Å²) in [5.41, 5.74) is 0. The second-order valence-corrected chi connectivity index (χ2v) is 6.61. The van der Waals surface area contributed by atoms with Gasteiger partial charge < -0.3 is 15.5 Å². The molecule has 1 rings (SSSR count). The third-order valence-electron chi connectivity index (χ3n) is 2.17. The van der Waals surface area contributed by atoms with Gasteiger partial charge in [-0.25, -0.2) is 4.79 Å². The zero-order valence-electron chi connectivity index (χ0n) is 10.1. The molecule has 0 fully saturated rings. The van der Waals surface area contributed by atoms with E-state index in [-0.39, 0.29) is 5.75 Å². The first-order chi connectivity index (χ1) is 8.90. The monoisotopic (exact) mass is 323 g/mol. The molecular formula is C11H14ClNO4S2. The van der Waals surface area contributed by atoms with Gasteiger partial charge in [0.1, 0.15) is 0 Å². The second kappa shape index (κ2) is 7.74. The van der Waals surface area contributed by atoms with E-state index in [1.807, 2.05) is 6.07 Å². The Labute approximate surface area is 124 Å². The van der Waals surface area contributed by atoms with Crippen molar-refractivity contribution in [1.29, 1.82) is 0 Å². The average Bonchev–Trinajstić information content (AvgIpc) is 2.71. The van der Waals surface area contributed by atoms with E-state index in [9.17, 15) is 14.7 Å². The summed E-state index contributed by atoms with van der Waals surface area (Å²) in [7, 11) is 0. The number of carbonyl (C=O) groups is 2. The quantitative estimate of drug-likeness (QED) is 0.709. The zero-order valence-corrected chi connectivity index (χ0v) is 12.5. The summed E-state index contributed by atoms with van der Waals surface area (Å²) in [6, 6.07) is 2.40. The van der Waals surface area contributed by atoms with E-state index in [0.29, 0.717) is 10.1 Å². The standard InChI is InChI=1S/C11H14ClNO4S2/c1-6(14)10(11(16)17)13-9(15)5-18-4-7-2-3-8(12)19-7/h2-3,6,10,14H,4-5H2,1H3,(H,13,15)(H,16,17). The lowest BCUT2D eigenvalue weighted by atomic mass is 10.2. The molecule has 1 aromatic rings. The summed E-state index contributed by atoms with van der Waals surface area (Å²) in [5, 5.41) is 20.3. The fourth-order valence-corrected chi connectivity index (χ4v) is 3.31. The molecule has 106 valence electrons. The van der Waals surface area contributed by atoms with Gasteiger partial charge in [-0.1, -0.05) is 11.6 Å². The summed E-state index contributed by atoms with van der Waals surface area (Å²) in [6.45, 7) is 1.32. The molecule has 2 unspecified atom stereocenters. The fourth-order valence-electron chi connectivity index (χ4n) is 1.28. The van der Waals surface area contributed by atoms with Crippen molar-refractivity contribution in [3.8, 4) is 0 Å². The van der Waals surface area contributed by atoms with Gasteiger partial charge in [-0.05, 0) is 19.1 Å². The highest BCUT2D eigenvalue weighted by atomic mass is 35.5. The number of hydrogen-bond donors (Lipinski definition) is 3. The highest BCUT2D eigenvalue weighted by Crippen LogP contribution is 2.24. The number of aliphatic hydroxyl groups is 1. The molecule has 0 aliphatic rings. The highest BCUT2D eigenvalue weighted by molar-refractivity contribution is 7.99. The predicted octanol–water partition coefficient (Wildman–Crippen LogP) is 1.58. The van der Waals surface area contributed by atoms with Crippen LogP contribution in [0.2, 0.25) is 4.34 Å². The maximum Gasteiger partial charge on any atom is 0.328 e. The second-order valence-electron chi connectivity index (χ2n) is 3.82. The average molecular weight is 324 g/mol. The summed E-state index contributed by atoms with van der Waals surface area (Å²) in [6.07, 6.45) is -1.14. The number of amides is 1. The number of carboxylic acids is 1. The van der Waals surface area contributed by atoms with Crippen LogP contribution in [-0.4, -0.2) is 40.0 Å². The van der Waals surface area contributed by atoms with Gasteiger partial charge in [0.25, 0.3) is 0 Å². The van der Waals surface area contributed by atoms with Gasteiger partial charge in [0, 0.05) is 10.6 Å². The molecule has 0 saturated carbocycles. The Bertz CT molecular complexity index is 450. The van der Waals surface area contributed by atoms with Crippen LogP contribution in [0.15, 0.2) is 12.1 Å². The number of rotatable bonds is 7. The maximum absolute atomic E-state index is 11.5. The summed E-state index contributed by atoms with van der Waals surface area (Å²) >= 11 is 8.58. The Hall–Kier alpha value is -0.760. The SMILES string of the molecule is CC(O)C(NC(=O)CSCc1ccc(Cl)s1)C(=O)O. The number of nitrogens with one attached hydrogen (secondary N) is 1. The molecule has 0 saturated heterocycles. The Morgan fingerprint density at radius 3 is 2.68 bits per heavy atom. The third kappa shape index (κ3) is 5.82. The zero-order chi connectivity index (χ0) is 14.4. The minimum Gasteiger partial charge on any atom is -0.480 e. The van der Waals surface area contributed by atoms with Gasteiger partial charge in [-0.2, -0.15) is 0 Å². The number of aliphatic hydroxyl groups excluding tert-OH is 1. The van der Waals surface area contributed by atoms with Crippen LogP contribution in [0.25, 0.3) is 0 Å². The molecule has 8 heteroatoms. The van der Waals surface area contributed by atoms with Crippen molar-refractivity contribution in [2.24, 2.45) is 0 Å². The van der Waals surface area contributed by atoms with Crippen molar-refractivity contribution in [2.75, 3.05) is 5.75 Å². The lowest BCUT2D eigenvalue weighted by molar-refractivity contribution is -0.144. The smallest absolute Gasteiger partial charge is 0.328 e. The van der Waals surface area contributed by atoms with Crippen LogP contribution in [-0.2, 0) is 15.3 Å².